The molecule has 0 spiro atoms. The lowest BCUT2D eigenvalue weighted by atomic mass is 10.0. The van der Waals surface area contributed by atoms with Crippen LogP contribution in [-0.2, 0) is 11.2 Å². The summed E-state index contributed by atoms with van der Waals surface area (Å²) in [7, 11) is 0. The van der Waals surface area contributed by atoms with Gasteiger partial charge in [0.2, 0.25) is 5.91 Å². The molecule has 0 unspecified atom stereocenters. The van der Waals surface area contributed by atoms with Crippen molar-refractivity contribution in [2.45, 2.75) is 19.4 Å². The van der Waals surface area contributed by atoms with Crippen molar-refractivity contribution in [1.82, 2.24) is 5.32 Å². The Hall–Kier alpha value is -3.13. The van der Waals surface area contributed by atoms with E-state index in [-0.39, 0.29) is 11.9 Å². The van der Waals surface area contributed by atoms with Gasteiger partial charge in [0, 0.05) is 0 Å². The average molecular weight is 339 g/mol. The first kappa shape index (κ1) is 16.3. The van der Waals surface area contributed by atoms with Crippen LogP contribution in [0, 0.1) is 0 Å². The van der Waals surface area contributed by atoms with Crippen LogP contribution < -0.4 is 5.32 Å². The molecule has 0 aliphatic rings. The van der Waals surface area contributed by atoms with Crippen LogP contribution >= 0.6 is 0 Å². The van der Waals surface area contributed by atoms with Crippen molar-refractivity contribution >= 4 is 27.5 Å². The summed E-state index contributed by atoms with van der Waals surface area (Å²) in [4.78, 5) is 12.6. The number of hydrogen-bond acceptors (Lipinski definition) is 1. The van der Waals surface area contributed by atoms with E-state index in [9.17, 15) is 4.79 Å². The Labute approximate surface area is 153 Å². The number of nitrogens with one attached hydrogen (secondary N) is 1. The van der Waals surface area contributed by atoms with Gasteiger partial charge in [-0.25, -0.2) is 0 Å². The molecule has 2 nitrogen and oxygen atoms in total. The maximum Gasteiger partial charge on any atom is 0.224 e. The number of fused-ring (bicyclic) bond motifs is 2. The highest BCUT2D eigenvalue weighted by molar-refractivity contribution is 5.90. The Kier molecular flexibility index (Phi) is 4.40. The van der Waals surface area contributed by atoms with E-state index in [0.29, 0.717) is 6.42 Å². The van der Waals surface area contributed by atoms with E-state index >= 15 is 0 Å². The number of rotatable bonds is 4. The highest BCUT2D eigenvalue weighted by Gasteiger charge is 2.12. The van der Waals surface area contributed by atoms with Crippen molar-refractivity contribution in [1.29, 1.82) is 0 Å². The molecule has 2 heteroatoms. The maximum absolute atomic E-state index is 12.6. The first-order valence-corrected chi connectivity index (χ1v) is 8.95. The fourth-order valence-electron chi connectivity index (χ4n) is 3.47. The van der Waals surface area contributed by atoms with Crippen LogP contribution in [0.1, 0.15) is 24.1 Å². The van der Waals surface area contributed by atoms with E-state index in [2.05, 4.69) is 53.8 Å². The zero-order valence-corrected chi connectivity index (χ0v) is 14.8. The zero-order valence-electron chi connectivity index (χ0n) is 14.8. The molecule has 4 aromatic rings. The van der Waals surface area contributed by atoms with Crippen LogP contribution in [0.25, 0.3) is 21.5 Å². The van der Waals surface area contributed by atoms with E-state index in [1.165, 1.54) is 16.2 Å². The minimum atomic E-state index is -0.0258. The van der Waals surface area contributed by atoms with E-state index in [4.69, 9.17) is 0 Å². The molecule has 4 aromatic carbocycles. The van der Waals surface area contributed by atoms with Crippen molar-refractivity contribution < 1.29 is 4.79 Å². The lowest BCUT2D eigenvalue weighted by molar-refractivity contribution is -0.121. The molecule has 0 heterocycles. The molecular weight excluding hydrogens is 318 g/mol. The smallest absolute Gasteiger partial charge is 0.224 e. The Morgan fingerprint density at radius 1 is 0.808 bits per heavy atom. The minimum Gasteiger partial charge on any atom is -0.349 e. The highest BCUT2D eigenvalue weighted by atomic mass is 16.1. The summed E-state index contributed by atoms with van der Waals surface area (Å²) in [6, 6.07) is 28.9. The van der Waals surface area contributed by atoms with Gasteiger partial charge in [0.25, 0.3) is 0 Å². The largest absolute Gasteiger partial charge is 0.349 e. The number of carbonyl (C=O) groups excluding carboxylic acids is 1. The van der Waals surface area contributed by atoms with E-state index in [0.717, 1.165) is 16.5 Å². The molecule has 26 heavy (non-hydrogen) atoms. The molecule has 0 fully saturated rings. The molecule has 0 saturated carbocycles. The maximum atomic E-state index is 12.6. The van der Waals surface area contributed by atoms with Gasteiger partial charge in [-0.1, -0.05) is 78.9 Å². The van der Waals surface area contributed by atoms with Gasteiger partial charge in [0.1, 0.15) is 0 Å². The third kappa shape index (κ3) is 3.31. The molecule has 0 aliphatic carbocycles. The molecule has 0 radical (unpaired) electrons. The van der Waals surface area contributed by atoms with Crippen molar-refractivity contribution in [2.24, 2.45) is 0 Å². The fourth-order valence-corrected chi connectivity index (χ4v) is 3.47. The Bertz CT molecular complexity index is 1080. The Balaban J connectivity index is 1.51. The lowest BCUT2D eigenvalue weighted by Crippen LogP contribution is -2.28. The molecule has 0 aromatic heterocycles. The molecule has 128 valence electrons. The normalized spacial score (nSPS) is 12.2. The summed E-state index contributed by atoms with van der Waals surface area (Å²) >= 11 is 0. The minimum absolute atomic E-state index is 0.0258. The van der Waals surface area contributed by atoms with E-state index in [1.807, 2.05) is 43.3 Å². The molecule has 1 atom stereocenters. The number of amides is 1. The van der Waals surface area contributed by atoms with Crippen molar-refractivity contribution in [3.63, 3.8) is 0 Å². The van der Waals surface area contributed by atoms with Gasteiger partial charge in [-0.05, 0) is 45.7 Å². The van der Waals surface area contributed by atoms with Crippen LogP contribution in [0.3, 0.4) is 0 Å². The van der Waals surface area contributed by atoms with Crippen molar-refractivity contribution in [2.75, 3.05) is 0 Å². The van der Waals surface area contributed by atoms with Gasteiger partial charge in [0.05, 0.1) is 12.5 Å². The standard InChI is InChI=1S/C24H21NO/c1-17(20-14-13-18-7-2-3-9-21(18)15-20)25-24(26)16-22-11-6-10-19-8-4-5-12-23(19)22/h2-15,17H,16H2,1H3,(H,25,26)/t17-/m0/s1. The quantitative estimate of drug-likeness (QED) is 0.529. The summed E-state index contributed by atoms with van der Waals surface area (Å²) in [5.41, 5.74) is 2.18. The summed E-state index contributed by atoms with van der Waals surface area (Å²) in [5.74, 6) is 0.0435. The molecule has 4 rings (SSSR count). The van der Waals surface area contributed by atoms with Crippen LogP contribution in [0.4, 0.5) is 0 Å². The van der Waals surface area contributed by atoms with Gasteiger partial charge in [-0.3, -0.25) is 4.79 Å². The highest BCUT2D eigenvalue weighted by Crippen LogP contribution is 2.22. The summed E-state index contributed by atoms with van der Waals surface area (Å²) in [6.45, 7) is 2.03. The van der Waals surface area contributed by atoms with Crippen LogP contribution in [0.15, 0.2) is 84.9 Å². The topological polar surface area (TPSA) is 29.1 Å². The van der Waals surface area contributed by atoms with Gasteiger partial charge in [-0.15, -0.1) is 0 Å². The third-order valence-electron chi connectivity index (χ3n) is 4.88. The first-order chi connectivity index (χ1) is 12.7. The van der Waals surface area contributed by atoms with Gasteiger partial charge >= 0.3 is 0 Å². The molecular formula is C24H21NO. The second-order valence-electron chi connectivity index (χ2n) is 6.71. The molecule has 1 amide bonds. The Morgan fingerprint density at radius 3 is 2.35 bits per heavy atom. The Morgan fingerprint density at radius 2 is 1.50 bits per heavy atom. The van der Waals surface area contributed by atoms with Gasteiger partial charge < -0.3 is 5.32 Å². The third-order valence-corrected chi connectivity index (χ3v) is 4.88. The molecule has 1 N–H and O–H groups in total. The van der Waals surface area contributed by atoms with Crippen LogP contribution in [0.2, 0.25) is 0 Å². The number of benzene rings is 4. The first-order valence-electron chi connectivity index (χ1n) is 8.95. The second-order valence-corrected chi connectivity index (χ2v) is 6.71. The zero-order chi connectivity index (χ0) is 17.9. The van der Waals surface area contributed by atoms with Gasteiger partial charge in [0.15, 0.2) is 0 Å². The van der Waals surface area contributed by atoms with E-state index < -0.39 is 0 Å². The van der Waals surface area contributed by atoms with Crippen LogP contribution in [0.5, 0.6) is 0 Å². The molecule has 0 saturated heterocycles. The molecule has 0 aliphatic heterocycles. The SMILES string of the molecule is C[C@H](NC(=O)Cc1cccc2ccccc12)c1ccc2ccccc2c1. The van der Waals surface area contributed by atoms with Crippen LogP contribution in [-0.4, -0.2) is 5.91 Å². The van der Waals surface area contributed by atoms with Gasteiger partial charge in [-0.2, -0.15) is 0 Å². The fraction of sp³-hybridized carbons (Fsp3) is 0.125. The van der Waals surface area contributed by atoms with Crippen molar-refractivity contribution in [3.05, 3.63) is 96.1 Å². The number of hydrogen-bond donors (Lipinski definition) is 1. The second kappa shape index (κ2) is 7.01. The summed E-state index contributed by atoms with van der Waals surface area (Å²) in [5, 5.41) is 7.85. The monoisotopic (exact) mass is 339 g/mol. The predicted octanol–water partition coefficient (Wildman–Crippen LogP) is 5.41. The average Bonchev–Trinajstić information content (AvgIpc) is 2.68. The van der Waals surface area contributed by atoms with Crippen molar-refractivity contribution in [3.8, 4) is 0 Å². The summed E-state index contributed by atoms with van der Waals surface area (Å²) in [6.07, 6.45) is 0.388. The molecule has 0 bridgehead atoms. The number of carbonyl (C=O) groups is 1. The lowest BCUT2D eigenvalue weighted by Gasteiger charge is -2.16. The van der Waals surface area contributed by atoms with E-state index in [1.54, 1.807) is 0 Å². The summed E-state index contributed by atoms with van der Waals surface area (Å²) < 4.78 is 0. The predicted molar refractivity (Wildman–Crippen MR) is 108 cm³/mol.